The number of hydrogen-bond donors (Lipinski definition) is 0. The van der Waals surface area contributed by atoms with E-state index in [-0.39, 0.29) is 11.7 Å². The molecule has 0 bridgehead atoms. The molecular formula is C21H25NO4S. The number of nitrogens with zero attached hydrogens (tertiary/aromatic N) is 1. The maximum Gasteiger partial charge on any atom is 0.214 e. The zero-order valence-electron chi connectivity index (χ0n) is 15.6. The highest BCUT2D eigenvalue weighted by atomic mass is 32.2. The molecule has 0 aromatic heterocycles. The lowest BCUT2D eigenvalue weighted by atomic mass is 9.96. The Morgan fingerprint density at radius 1 is 1.19 bits per heavy atom. The number of methoxy groups -OCH3 is 1. The Balaban J connectivity index is 1.38. The van der Waals surface area contributed by atoms with Crippen LogP contribution >= 0.6 is 0 Å². The molecule has 0 amide bonds. The molecule has 0 saturated carbocycles. The van der Waals surface area contributed by atoms with Gasteiger partial charge in [-0.15, -0.1) is 0 Å². The zero-order valence-corrected chi connectivity index (χ0v) is 16.4. The molecule has 0 radical (unpaired) electrons. The van der Waals surface area contributed by atoms with Crippen LogP contribution in [0.25, 0.3) is 0 Å². The standard InChI is InChI=1S/C21H25NO4S/c1-25-20-5-2-16(3-6-20)10-13-27(23,24)22-11-8-19(15-22)17-4-7-21-18(14-17)9-12-26-21/h2-7,14,19H,8-13,15H2,1H3/t19-/m0/s1. The first kappa shape index (κ1) is 18.3. The van der Waals surface area contributed by atoms with Crippen LogP contribution in [0.15, 0.2) is 42.5 Å². The van der Waals surface area contributed by atoms with E-state index >= 15 is 0 Å². The van der Waals surface area contributed by atoms with E-state index in [1.165, 1.54) is 11.1 Å². The van der Waals surface area contributed by atoms with Crippen molar-refractivity contribution in [1.29, 1.82) is 0 Å². The number of sulfonamides is 1. The van der Waals surface area contributed by atoms with Crippen molar-refractivity contribution in [2.45, 2.75) is 25.2 Å². The summed E-state index contributed by atoms with van der Waals surface area (Å²) in [6, 6.07) is 13.9. The van der Waals surface area contributed by atoms with Gasteiger partial charge < -0.3 is 9.47 Å². The molecule has 1 saturated heterocycles. The lowest BCUT2D eigenvalue weighted by Gasteiger charge is -2.17. The van der Waals surface area contributed by atoms with Gasteiger partial charge in [-0.05, 0) is 53.6 Å². The number of benzene rings is 2. The second kappa shape index (κ2) is 7.52. The Hall–Kier alpha value is -2.05. The first-order valence-electron chi connectivity index (χ1n) is 9.41. The number of rotatable bonds is 6. The molecule has 2 heterocycles. The summed E-state index contributed by atoms with van der Waals surface area (Å²) in [7, 11) is -1.63. The molecule has 1 atom stereocenters. The van der Waals surface area contributed by atoms with Crippen LogP contribution in [0.5, 0.6) is 11.5 Å². The SMILES string of the molecule is COc1ccc(CCS(=O)(=O)N2CC[C@H](c3ccc4c(c3)CCO4)C2)cc1. The molecule has 4 rings (SSSR count). The molecule has 5 nitrogen and oxygen atoms in total. The average Bonchev–Trinajstić information content (AvgIpc) is 3.36. The molecule has 144 valence electrons. The van der Waals surface area contributed by atoms with Crippen molar-refractivity contribution in [3.05, 3.63) is 59.2 Å². The van der Waals surface area contributed by atoms with Gasteiger partial charge in [0.25, 0.3) is 0 Å². The van der Waals surface area contributed by atoms with Crippen LogP contribution in [0.3, 0.4) is 0 Å². The minimum absolute atomic E-state index is 0.143. The highest BCUT2D eigenvalue weighted by Gasteiger charge is 2.32. The van der Waals surface area contributed by atoms with Crippen molar-refractivity contribution >= 4 is 10.0 Å². The number of ether oxygens (including phenoxy) is 2. The molecule has 27 heavy (non-hydrogen) atoms. The van der Waals surface area contributed by atoms with Crippen LogP contribution in [0, 0.1) is 0 Å². The molecule has 2 aliphatic heterocycles. The monoisotopic (exact) mass is 387 g/mol. The first-order chi connectivity index (χ1) is 13.0. The van der Waals surface area contributed by atoms with E-state index in [2.05, 4.69) is 12.1 Å². The zero-order chi connectivity index (χ0) is 18.9. The Morgan fingerprint density at radius 3 is 2.78 bits per heavy atom. The second-order valence-electron chi connectivity index (χ2n) is 7.22. The third kappa shape index (κ3) is 3.96. The summed E-state index contributed by atoms with van der Waals surface area (Å²) >= 11 is 0. The van der Waals surface area contributed by atoms with Gasteiger partial charge in [-0.2, -0.15) is 0 Å². The van der Waals surface area contributed by atoms with Crippen molar-refractivity contribution in [2.75, 3.05) is 32.6 Å². The molecule has 6 heteroatoms. The minimum Gasteiger partial charge on any atom is -0.497 e. The summed E-state index contributed by atoms with van der Waals surface area (Å²) in [4.78, 5) is 0. The minimum atomic E-state index is -3.25. The maximum absolute atomic E-state index is 12.8. The van der Waals surface area contributed by atoms with Gasteiger partial charge in [0.1, 0.15) is 11.5 Å². The van der Waals surface area contributed by atoms with Gasteiger partial charge in [-0.1, -0.05) is 24.3 Å². The van der Waals surface area contributed by atoms with E-state index in [4.69, 9.17) is 9.47 Å². The van der Waals surface area contributed by atoms with Crippen molar-refractivity contribution < 1.29 is 17.9 Å². The molecule has 0 aliphatic carbocycles. The predicted molar refractivity (Wildman–Crippen MR) is 105 cm³/mol. The van der Waals surface area contributed by atoms with Crippen LogP contribution in [-0.4, -0.2) is 45.3 Å². The number of fused-ring (bicyclic) bond motifs is 1. The van der Waals surface area contributed by atoms with E-state index in [0.717, 1.165) is 36.5 Å². The van der Waals surface area contributed by atoms with Crippen molar-refractivity contribution in [3.8, 4) is 11.5 Å². The summed E-state index contributed by atoms with van der Waals surface area (Å²) in [5, 5.41) is 0. The highest BCUT2D eigenvalue weighted by Crippen LogP contribution is 2.33. The average molecular weight is 388 g/mol. The van der Waals surface area contributed by atoms with Crippen LogP contribution < -0.4 is 9.47 Å². The van der Waals surface area contributed by atoms with Gasteiger partial charge in [0.05, 0.1) is 19.5 Å². The summed E-state index contributed by atoms with van der Waals surface area (Å²) < 4.78 is 37.9. The van der Waals surface area contributed by atoms with E-state index < -0.39 is 10.0 Å². The maximum atomic E-state index is 12.8. The van der Waals surface area contributed by atoms with Crippen molar-refractivity contribution in [3.63, 3.8) is 0 Å². The molecule has 2 aromatic rings. The Kier molecular flexibility index (Phi) is 5.10. The van der Waals surface area contributed by atoms with Gasteiger partial charge in [0.2, 0.25) is 10.0 Å². The van der Waals surface area contributed by atoms with Crippen LogP contribution in [-0.2, 0) is 22.9 Å². The van der Waals surface area contributed by atoms with E-state index in [9.17, 15) is 8.42 Å². The van der Waals surface area contributed by atoms with Gasteiger partial charge in [0, 0.05) is 19.5 Å². The fraction of sp³-hybridized carbons (Fsp3) is 0.429. The highest BCUT2D eigenvalue weighted by molar-refractivity contribution is 7.89. The molecule has 2 aromatic carbocycles. The van der Waals surface area contributed by atoms with E-state index in [1.54, 1.807) is 11.4 Å². The Bertz CT molecular complexity index is 908. The van der Waals surface area contributed by atoms with Gasteiger partial charge in [0.15, 0.2) is 0 Å². The summed E-state index contributed by atoms with van der Waals surface area (Å²) in [5.41, 5.74) is 3.48. The lowest BCUT2D eigenvalue weighted by Crippen LogP contribution is -2.31. The molecular weight excluding hydrogens is 362 g/mol. The largest absolute Gasteiger partial charge is 0.497 e. The van der Waals surface area contributed by atoms with Crippen molar-refractivity contribution in [1.82, 2.24) is 4.31 Å². The van der Waals surface area contributed by atoms with E-state index in [1.807, 2.05) is 30.3 Å². The molecule has 0 N–H and O–H groups in total. The van der Waals surface area contributed by atoms with Crippen LogP contribution in [0.1, 0.15) is 29.0 Å². The number of hydrogen-bond acceptors (Lipinski definition) is 4. The van der Waals surface area contributed by atoms with Gasteiger partial charge in [-0.25, -0.2) is 12.7 Å². The summed E-state index contributed by atoms with van der Waals surface area (Å²) in [6.07, 6.45) is 2.34. The topological polar surface area (TPSA) is 55.8 Å². The lowest BCUT2D eigenvalue weighted by molar-refractivity contribution is 0.357. The molecule has 2 aliphatic rings. The van der Waals surface area contributed by atoms with Gasteiger partial charge >= 0.3 is 0 Å². The van der Waals surface area contributed by atoms with E-state index in [0.29, 0.717) is 19.5 Å². The fourth-order valence-corrected chi connectivity index (χ4v) is 5.42. The third-order valence-corrected chi connectivity index (χ3v) is 7.38. The first-order valence-corrected chi connectivity index (χ1v) is 11.0. The fourth-order valence-electron chi connectivity index (χ4n) is 3.88. The normalized spacial score (nSPS) is 19.7. The summed E-state index contributed by atoms with van der Waals surface area (Å²) in [6.45, 7) is 1.92. The van der Waals surface area contributed by atoms with Crippen LogP contribution in [0.2, 0.25) is 0 Å². The Morgan fingerprint density at radius 2 is 2.00 bits per heavy atom. The predicted octanol–water partition coefficient (Wildman–Crippen LogP) is 2.99. The molecule has 0 unspecified atom stereocenters. The molecule has 1 fully saturated rings. The van der Waals surface area contributed by atoms with Crippen LogP contribution in [0.4, 0.5) is 0 Å². The summed E-state index contributed by atoms with van der Waals surface area (Å²) in [5.74, 6) is 2.17. The quantitative estimate of drug-likeness (QED) is 0.765. The Labute approximate surface area is 161 Å². The third-order valence-electron chi connectivity index (χ3n) is 5.54. The number of aryl methyl sites for hydroxylation is 1. The smallest absolute Gasteiger partial charge is 0.214 e. The van der Waals surface area contributed by atoms with Crippen molar-refractivity contribution in [2.24, 2.45) is 0 Å². The van der Waals surface area contributed by atoms with Gasteiger partial charge in [-0.3, -0.25) is 0 Å². The second-order valence-corrected chi connectivity index (χ2v) is 9.31. The molecule has 0 spiro atoms.